The summed E-state index contributed by atoms with van der Waals surface area (Å²) in [4.78, 5) is 62.4. The van der Waals surface area contributed by atoms with E-state index in [1.54, 1.807) is 6.92 Å². The molecule has 2 aliphatic heterocycles. The molecule has 0 radical (unpaired) electrons. The monoisotopic (exact) mass is 848 g/mol. The van der Waals surface area contributed by atoms with Crippen molar-refractivity contribution in [2.75, 3.05) is 46.9 Å². The minimum atomic E-state index is -4.66. The zero-order valence-corrected chi connectivity index (χ0v) is 32.5. The highest BCUT2D eigenvalue weighted by Crippen LogP contribution is 2.35. The molecule has 2 aromatic carbocycles. The summed E-state index contributed by atoms with van der Waals surface area (Å²) in [5, 5.41) is 0. The number of hydrogen-bond acceptors (Lipinski definition) is 8. The molecule has 0 N–H and O–H groups in total. The van der Waals surface area contributed by atoms with Gasteiger partial charge in [0, 0.05) is 42.4 Å². The SMILES string of the molecule is C=Cc1cc(N(C)C(=O)[C@@H]2COC(=O)N2c2cc(C(F)(F)F)cc(C)n2)ccc1F.CCc1cc(N(C)C(=O)[C@@H]2COC(=O)N2c2cc(C(F)(F)F)cc(C)n2)ccc1F. The van der Waals surface area contributed by atoms with Crippen LogP contribution in [-0.4, -0.2) is 73.4 Å². The number of cyclic esters (lactones) is 2. The molecule has 60 heavy (non-hydrogen) atoms. The maximum atomic E-state index is 13.8. The van der Waals surface area contributed by atoms with Gasteiger partial charge < -0.3 is 19.3 Å². The first-order valence-corrected chi connectivity index (χ1v) is 17.8. The number of carbonyl (C=O) groups is 4. The Hall–Kier alpha value is -6.60. The molecular formula is C40H36F8N6O6. The van der Waals surface area contributed by atoms with Gasteiger partial charge in [-0.25, -0.2) is 38.1 Å². The first-order chi connectivity index (χ1) is 28.0. The fourth-order valence-electron chi connectivity index (χ4n) is 6.23. The van der Waals surface area contributed by atoms with Gasteiger partial charge in [-0.05, 0) is 86.5 Å². The summed E-state index contributed by atoms with van der Waals surface area (Å²) in [6.07, 6.45) is -9.57. The van der Waals surface area contributed by atoms with Crippen LogP contribution in [0.5, 0.6) is 0 Å². The number of anilines is 4. The Balaban J connectivity index is 0.000000228. The number of rotatable bonds is 8. The van der Waals surface area contributed by atoms with Gasteiger partial charge in [-0.1, -0.05) is 19.6 Å². The first kappa shape index (κ1) is 44.5. The Morgan fingerprint density at radius 1 is 0.733 bits per heavy atom. The summed E-state index contributed by atoms with van der Waals surface area (Å²) in [5.74, 6) is -2.86. The second kappa shape index (κ2) is 17.3. The number of hydrogen-bond donors (Lipinski definition) is 0. The van der Waals surface area contributed by atoms with Gasteiger partial charge in [0.2, 0.25) is 0 Å². The molecule has 4 amide bonds. The molecule has 0 bridgehead atoms. The number of pyridine rings is 2. The van der Waals surface area contributed by atoms with Crippen molar-refractivity contribution in [2.24, 2.45) is 0 Å². The zero-order valence-electron chi connectivity index (χ0n) is 32.5. The van der Waals surface area contributed by atoms with Crippen molar-refractivity contribution in [3.63, 3.8) is 0 Å². The van der Waals surface area contributed by atoms with Gasteiger partial charge in [-0.3, -0.25) is 9.59 Å². The van der Waals surface area contributed by atoms with Gasteiger partial charge in [-0.2, -0.15) is 26.3 Å². The molecule has 0 saturated carbocycles. The van der Waals surface area contributed by atoms with Crippen LogP contribution in [0.2, 0.25) is 0 Å². The number of alkyl halides is 6. The lowest BCUT2D eigenvalue weighted by atomic mass is 10.1. The third kappa shape index (κ3) is 9.47. The Morgan fingerprint density at radius 2 is 1.15 bits per heavy atom. The highest BCUT2D eigenvalue weighted by atomic mass is 19.4. The van der Waals surface area contributed by atoms with E-state index in [4.69, 9.17) is 9.47 Å². The Labute approximate surface area is 337 Å². The highest BCUT2D eigenvalue weighted by molar-refractivity contribution is 6.06. The first-order valence-electron chi connectivity index (χ1n) is 17.8. The molecule has 6 rings (SSSR count). The predicted octanol–water partition coefficient (Wildman–Crippen LogP) is 8.28. The normalized spacial score (nSPS) is 16.5. The molecule has 318 valence electrons. The van der Waals surface area contributed by atoms with Gasteiger partial charge in [0.25, 0.3) is 11.8 Å². The fraction of sp³-hybridized carbons (Fsp3) is 0.300. The van der Waals surface area contributed by atoms with E-state index in [1.165, 1.54) is 69.3 Å². The Bertz CT molecular complexity index is 2340. The topological polar surface area (TPSA) is 125 Å². The van der Waals surface area contributed by atoms with E-state index in [9.17, 15) is 54.3 Å². The van der Waals surface area contributed by atoms with E-state index in [-0.39, 0.29) is 41.8 Å². The molecule has 2 atom stereocenters. The smallest absolute Gasteiger partial charge is 0.416 e. The van der Waals surface area contributed by atoms with Crippen molar-refractivity contribution in [1.82, 2.24) is 9.97 Å². The lowest BCUT2D eigenvalue weighted by Gasteiger charge is -2.26. The Kier molecular flexibility index (Phi) is 12.8. The van der Waals surface area contributed by atoms with Crippen LogP contribution in [0.3, 0.4) is 0 Å². The molecule has 4 aromatic rings. The van der Waals surface area contributed by atoms with Crippen LogP contribution in [0, 0.1) is 25.5 Å². The summed E-state index contributed by atoms with van der Waals surface area (Å²) < 4.78 is 116. The summed E-state index contributed by atoms with van der Waals surface area (Å²) in [5.41, 5.74) is -0.683. The van der Waals surface area contributed by atoms with Crippen LogP contribution in [0.15, 0.2) is 67.2 Å². The average Bonchev–Trinajstić information content (AvgIpc) is 3.78. The van der Waals surface area contributed by atoms with Crippen LogP contribution < -0.4 is 19.6 Å². The van der Waals surface area contributed by atoms with Crippen LogP contribution in [0.1, 0.15) is 40.6 Å². The summed E-state index contributed by atoms with van der Waals surface area (Å²) in [6.45, 7) is 7.24. The van der Waals surface area contributed by atoms with Crippen LogP contribution >= 0.6 is 0 Å². The molecule has 2 saturated heterocycles. The summed E-state index contributed by atoms with van der Waals surface area (Å²) >= 11 is 0. The van der Waals surface area contributed by atoms with Crippen molar-refractivity contribution in [1.29, 1.82) is 0 Å². The van der Waals surface area contributed by atoms with Gasteiger partial charge in [-0.15, -0.1) is 0 Å². The van der Waals surface area contributed by atoms with E-state index < -0.39 is 71.2 Å². The molecule has 0 aliphatic carbocycles. The van der Waals surface area contributed by atoms with Gasteiger partial charge in [0.15, 0.2) is 12.1 Å². The number of nitrogens with zero attached hydrogens (tertiary/aromatic N) is 6. The molecule has 2 fully saturated rings. The minimum absolute atomic E-state index is 0.0215. The molecule has 0 spiro atoms. The van der Waals surface area contributed by atoms with E-state index in [0.29, 0.717) is 35.5 Å². The number of carbonyl (C=O) groups excluding carboxylic acids is 4. The lowest BCUT2D eigenvalue weighted by molar-refractivity contribution is -0.138. The van der Waals surface area contributed by atoms with E-state index in [2.05, 4.69) is 16.5 Å². The van der Waals surface area contributed by atoms with Crippen molar-refractivity contribution in [3.05, 3.63) is 113 Å². The molecule has 12 nitrogen and oxygen atoms in total. The largest absolute Gasteiger partial charge is 0.446 e. The molecule has 2 aromatic heterocycles. The number of aryl methyl sites for hydroxylation is 3. The van der Waals surface area contributed by atoms with E-state index in [1.807, 2.05) is 0 Å². The molecule has 2 aliphatic rings. The molecule has 0 unspecified atom stereocenters. The average molecular weight is 849 g/mol. The van der Waals surface area contributed by atoms with E-state index in [0.717, 1.165) is 32.9 Å². The standard InChI is InChI=1S/C20H19F4N3O3.C20H17F4N3O3/c2*1-4-12-8-14(5-6-15(12)21)26(3)18(28)16-10-30-19(29)27(16)17-9-13(20(22,23)24)7-11(2)25-17/h5-9,16H,4,10H2,1-3H3;4-9,16H,1,10H2,2-3H3/t2*16-/m00/s1. The highest BCUT2D eigenvalue weighted by Gasteiger charge is 2.44. The van der Waals surface area contributed by atoms with Crippen LogP contribution in [0.25, 0.3) is 6.08 Å². The molecular weight excluding hydrogens is 812 g/mol. The second-order valence-electron chi connectivity index (χ2n) is 13.5. The van der Waals surface area contributed by atoms with Gasteiger partial charge in [0.05, 0.1) is 11.1 Å². The van der Waals surface area contributed by atoms with Crippen molar-refractivity contribution >= 4 is 53.1 Å². The quantitative estimate of drug-likeness (QED) is 0.162. The van der Waals surface area contributed by atoms with E-state index >= 15 is 0 Å². The number of halogens is 8. The molecule has 20 heteroatoms. The van der Waals surface area contributed by atoms with Crippen LogP contribution in [-0.2, 0) is 37.8 Å². The van der Waals surface area contributed by atoms with Crippen molar-refractivity contribution in [3.8, 4) is 0 Å². The van der Waals surface area contributed by atoms with Gasteiger partial charge in [0.1, 0.15) is 36.5 Å². The van der Waals surface area contributed by atoms with Crippen molar-refractivity contribution < 1.29 is 63.8 Å². The fourth-order valence-corrected chi connectivity index (χ4v) is 6.23. The summed E-state index contributed by atoms with van der Waals surface area (Å²) in [7, 11) is 2.83. The number of amides is 4. The number of benzene rings is 2. The van der Waals surface area contributed by atoms with Gasteiger partial charge >= 0.3 is 24.5 Å². The third-order valence-corrected chi connectivity index (χ3v) is 9.39. The molecule has 4 heterocycles. The van der Waals surface area contributed by atoms with Crippen LogP contribution in [0.4, 0.5) is 67.7 Å². The van der Waals surface area contributed by atoms with Crippen molar-refractivity contribution in [2.45, 2.75) is 51.6 Å². The predicted molar refractivity (Wildman–Crippen MR) is 202 cm³/mol. The summed E-state index contributed by atoms with van der Waals surface area (Å²) in [6, 6.07) is 8.64. The Morgan fingerprint density at radius 3 is 1.55 bits per heavy atom. The second-order valence-corrected chi connectivity index (χ2v) is 13.5. The lowest BCUT2D eigenvalue weighted by Crippen LogP contribution is -2.47. The maximum Gasteiger partial charge on any atom is 0.416 e. The maximum absolute atomic E-state index is 13.8. The minimum Gasteiger partial charge on any atom is -0.446 e. The number of likely N-dealkylation sites (N-methyl/N-ethyl adjacent to an activating group) is 2. The number of aromatic nitrogens is 2. The number of ether oxygens (including phenoxy) is 2. The zero-order chi connectivity index (χ0) is 44.4. The third-order valence-electron chi connectivity index (χ3n) is 9.39.